The molecule has 0 aliphatic carbocycles. The van der Waals surface area contributed by atoms with Gasteiger partial charge in [-0.2, -0.15) is 5.10 Å². The third-order valence-corrected chi connectivity index (χ3v) is 5.13. The molecule has 1 N–H and O–H groups in total. The maximum absolute atomic E-state index is 12.2. The van der Waals surface area contributed by atoms with Crippen molar-refractivity contribution < 1.29 is 22.7 Å². The number of ether oxygens (including phenoxy) is 2. The lowest BCUT2D eigenvalue weighted by Gasteiger charge is -2.22. The molecule has 28 heavy (non-hydrogen) atoms. The van der Waals surface area contributed by atoms with E-state index in [9.17, 15) is 13.2 Å². The summed E-state index contributed by atoms with van der Waals surface area (Å²) in [6.07, 6.45) is 2.38. The number of benzene rings is 2. The maximum Gasteiger partial charge on any atom is 0.260 e. The van der Waals surface area contributed by atoms with Crippen LogP contribution in [0.3, 0.4) is 0 Å². The summed E-state index contributed by atoms with van der Waals surface area (Å²) in [5, 5.41) is 4.29. The molecule has 150 valence electrons. The number of rotatable bonds is 8. The minimum atomic E-state index is -3.74. The third kappa shape index (κ3) is 5.61. The van der Waals surface area contributed by atoms with Crippen molar-refractivity contribution in [3.63, 3.8) is 0 Å². The standard InChI is InChI=1S/C18H20ClN3O5S/c1-26-16-9-8-14(10-17(16)27-2)22(28(3,24)25)12-18(23)21-20-11-13-6-4-5-7-15(13)19/h4-11H,12H2,1-3H3,(H,21,23)/b20-11-. The van der Waals surface area contributed by atoms with E-state index in [1.54, 1.807) is 30.3 Å². The van der Waals surface area contributed by atoms with Gasteiger partial charge in [0, 0.05) is 16.7 Å². The second kappa shape index (κ2) is 9.43. The zero-order valence-electron chi connectivity index (χ0n) is 15.5. The van der Waals surface area contributed by atoms with Gasteiger partial charge in [0.25, 0.3) is 5.91 Å². The van der Waals surface area contributed by atoms with Gasteiger partial charge in [-0.05, 0) is 18.2 Å². The highest BCUT2D eigenvalue weighted by molar-refractivity contribution is 7.92. The van der Waals surface area contributed by atoms with Crippen LogP contribution >= 0.6 is 11.6 Å². The number of hydrogen-bond donors (Lipinski definition) is 1. The van der Waals surface area contributed by atoms with E-state index in [1.165, 1.54) is 32.6 Å². The van der Waals surface area contributed by atoms with E-state index in [-0.39, 0.29) is 5.69 Å². The zero-order chi connectivity index (χ0) is 20.7. The molecule has 10 heteroatoms. The van der Waals surface area contributed by atoms with Crippen LogP contribution in [0, 0.1) is 0 Å². The van der Waals surface area contributed by atoms with Gasteiger partial charge < -0.3 is 9.47 Å². The normalized spacial score (nSPS) is 11.3. The predicted molar refractivity (Wildman–Crippen MR) is 109 cm³/mol. The topological polar surface area (TPSA) is 97.3 Å². The van der Waals surface area contributed by atoms with Crippen molar-refractivity contribution in [2.75, 3.05) is 31.3 Å². The number of carbonyl (C=O) groups is 1. The van der Waals surface area contributed by atoms with Gasteiger partial charge in [0.15, 0.2) is 11.5 Å². The van der Waals surface area contributed by atoms with E-state index in [4.69, 9.17) is 21.1 Å². The zero-order valence-corrected chi connectivity index (χ0v) is 17.1. The second-order valence-electron chi connectivity index (χ2n) is 5.62. The van der Waals surface area contributed by atoms with E-state index in [0.717, 1.165) is 10.6 Å². The van der Waals surface area contributed by atoms with Crippen molar-refractivity contribution in [2.24, 2.45) is 5.10 Å². The van der Waals surface area contributed by atoms with E-state index < -0.39 is 22.5 Å². The van der Waals surface area contributed by atoms with Crippen LogP contribution in [0.4, 0.5) is 5.69 Å². The molecular formula is C18H20ClN3O5S. The Bertz CT molecular complexity index is 979. The predicted octanol–water partition coefficient (Wildman–Crippen LogP) is 2.27. The number of nitrogens with zero attached hydrogens (tertiary/aromatic N) is 2. The Morgan fingerprint density at radius 3 is 2.46 bits per heavy atom. The quantitative estimate of drug-likeness (QED) is 0.517. The average Bonchev–Trinajstić information content (AvgIpc) is 2.66. The summed E-state index contributed by atoms with van der Waals surface area (Å²) >= 11 is 6.00. The number of sulfonamides is 1. The molecule has 0 radical (unpaired) electrons. The number of hydrazone groups is 1. The first-order valence-corrected chi connectivity index (χ1v) is 10.2. The lowest BCUT2D eigenvalue weighted by molar-refractivity contribution is -0.119. The largest absolute Gasteiger partial charge is 0.493 e. The number of methoxy groups -OCH3 is 2. The van der Waals surface area contributed by atoms with Crippen molar-refractivity contribution in [3.05, 3.63) is 53.1 Å². The van der Waals surface area contributed by atoms with Crippen molar-refractivity contribution in [1.29, 1.82) is 0 Å². The molecule has 0 fully saturated rings. The first kappa shape index (κ1) is 21.5. The average molecular weight is 426 g/mol. The fourth-order valence-electron chi connectivity index (χ4n) is 2.30. The Morgan fingerprint density at radius 1 is 1.18 bits per heavy atom. The van der Waals surface area contributed by atoms with Crippen LogP contribution in [-0.4, -0.2) is 47.6 Å². The van der Waals surface area contributed by atoms with Crippen LogP contribution in [0.1, 0.15) is 5.56 Å². The molecule has 0 aromatic heterocycles. The number of nitrogens with one attached hydrogen (secondary N) is 1. The highest BCUT2D eigenvalue weighted by atomic mass is 35.5. The van der Waals surface area contributed by atoms with Gasteiger partial charge in [0.1, 0.15) is 6.54 Å². The highest BCUT2D eigenvalue weighted by Gasteiger charge is 2.22. The van der Waals surface area contributed by atoms with Gasteiger partial charge in [-0.1, -0.05) is 29.8 Å². The highest BCUT2D eigenvalue weighted by Crippen LogP contribution is 2.32. The number of halogens is 1. The molecular weight excluding hydrogens is 406 g/mol. The summed E-state index contributed by atoms with van der Waals surface area (Å²) in [6.45, 7) is -0.464. The van der Waals surface area contributed by atoms with E-state index in [1.807, 2.05) is 0 Å². The van der Waals surface area contributed by atoms with E-state index in [2.05, 4.69) is 10.5 Å². The Labute approximate surface area is 168 Å². The van der Waals surface area contributed by atoms with Crippen molar-refractivity contribution in [3.8, 4) is 11.5 Å². The summed E-state index contributed by atoms with van der Waals surface area (Å²) in [5.74, 6) is 0.155. The van der Waals surface area contributed by atoms with Crippen LogP contribution in [0.15, 0.2) is 47.6 Å². The Kier molecular flexibility index (Phi) is 7.24. The van der Waals surface area contributed by atoms with Crippen LogP contribution in [0.5, 0.6) is 11.5 Å². The number of hydrogen-bond acceptors (Lipinski definition) is 6. The van der Waals surface area contributed by atoms with E-state index in [0.29, 0.717) is 22.1 Å². The smallest absolute Gasteiger partial charge is 0.260 e. The SMILES string of the molecule is COc1ccc(N(CC(=O)N/N=C\c2ccccc2Cl)S(C)(=O)=O)cc1OC. The molecule has 0 unspecified atom stereocenters. The lowest BCUT2D eigenvalue weighted by atomic mass is 10.2. The Balaban J connectivity index is 2.17. The second-order valence-corrected chi connectivity index (χ2v) is 7.94. The fraction of sp³-hybridized carbons (Fsp3) is 0.222. The summed E-state index contributed by atoms with van der Waals surface area (Å²) in [6, 6.07) is 11.5. The molecule has 0 heterocycles. The fourth-order valence-corrected chi connectivity index (χ4v) is 3.33. The Hall–Kier alpha value is -2.78. The number of amides is 1. The Morgan fingerprint density at radius 2 is 1.86 bits per heavy atom. The molecule has 8 nitrogen and oxygen atoms in total. The molecule has 0 saturated heterocycles. The van der Waals surface area contributed by atoms with Crippen molar-refractivity contribution in [1.82, 2.24) is 5.43 Å². The number of anilines is 1. The first-order valence-electron chi connectivity index (χ1n) is 8.02. The molecule has 0 bridgehead atoms. The minimum Gasteiger partial charge on any atom is -0.493 e. The molecule has 2 aromatic carbocycles. The van der Waals surface area contributed by atoms with E-state index >= 15 is 0 Å². The summed E-state index contributed by atoms with van der Waals surface area (Å²) in [4.78, 5) is 12.2. The third-order valence-electron chi connectivity index (χ3n) is 3.64. The molecule has 0 spiro atoms. The molecule has 0 saturated carbocycles. The van der Waals surface area contributed by atoms with Gasteiger partial charge in [0.05, 0.1) is 32.4 Å². The molecule has 2 aromatic rings. The van der Waals surface area contributed by atoms with Gasteiger partial charge in [-0.3, -0.25) is 9.10 Å². The van der Waals surface area contributed by atoms with Crippen LogP contribution < -0.4 is 19.2 Å². The van der Waals surface area contributed by atoms with Gasteiger partial charge in [-0.25, -0.2) is 13.8 Å². The summed E-state index contributed by atoms with van der Waals surface area (Å²) in [5.41, 5.74) is 3.16. The molecule has 2 rings (SSSR count). The summed E-state index contributed by atoms with van der Waals surface area (Å²) in [7, 11) is -0.837. The monoisotopic (exact) mass is 425 g/mol. The van der Waals surface area contributed by atoms with Gasteiger partial charge >= 0.3 is 0 Å². The van der Waals surface area contributed by atoms with Crippen molar-refractivity contribution in [2.45, 2.75) is 0 Å². The first-order chi connectivity index (χ1) is 13.3. The van der Waals surface area contributed by atoms with Crippen LogP contribution in [0.25, 0.3) is 0 Å². The maximum atomic E-state index is 12.2. The molecule has 0 atom stereocenters. The van der Waals surface area contributed by atoms with Gasteiger partial charge in [-0.15, -0.1) is 0 Å². The molecule has 0 aliphatic rings. The lowest BCUT2D eigenvalue weighted by Crippen LogP contribution is -2.39. The van der Waals surface area contributed by atoms with Crippen LogP contribution in [-0.2, 0) is 14.8 Å². The van der Waals surface area contributed by atoms with Gasteiger partial charge in [0.2, 0.25) is 10.0 Å². The minimum absolute atomic E-state index is 0.255. The molecule has 0 aliphatic heterocycles. The molecule has 1 amide bonds. The van der Waals surface area contributed by atoms with Crippen LogP contribution in [0.2, 0.25) is 5.02 Å². The number of carbonyl (C=O) groups excluding carboxylic acids is 1. The van der Waals surface area contributed by atoms with Crippen molar-refractivity contribution >= 4 is 39.4 Å². The summed E-state index contributed by atoms with van der Waals surface area (Å²) < 4.78 is 35.6.